The summed E-state index contributed by atoms with van der Waals surface area (Å²) in [6.07, 6.45) is 1.77. The largest absolute Gasteiger partial charge is 0.480 e. The number of carbonyl (C=O) groups is 3. The van der Waals surface area contributed by atoms with Crippen molar-refractivity contribution in [3.63, 3.8) is 0 Å². The molecule has 0 saturated heterocycles. The molecule has 0 fully saturated rings. The van der Waals surface area contributed by atoms with Gasteiger partial charge >= 0.3 is 5.97 Å². The minimum Gasteiger partial charge on any atom is -0.480 e. The first-order valence-corrected chi connectivity index (χ1v) is 9.82. The fourth-order valence-electron chi connectivity index (χ4n) is 2.80. The first-order chi connectivity index (χ1) is 13.4. The SMILES string of the molecule is CC[C@H](C)[C@H](NC(=O)[C@@](O)(NC(=O)CCCc1ccccc1)C(C)(C)N)C(=O)O. The lowest BCUT2D eigenvalue weighted by atomic mass is 9.89. The zero-order chi connectivity index (χ0) is 22.2. The second-order valence-electron chi connectivity index (χ2n) is 7.99. The molecule has 0 spiro atoms. The lowest BCUT2D eigenvalue weighted by molar-refractivity contribution is -0.160. The smallest absolute Gasteiger partial charge is 0.326 e. The standard InChI is InChI=1S/C21H33N3O5/c1-5-14(2)17(18(26)27)23-19(28)21(29,20(3,4)22)24-16(25)13-9-12-15-10-7-6-8-11-15/h6-8,10-11,14,17,29H,5,9,12-13,22H2,1-4H3,(H,23,28)(H,24,25)(H,26,27)/t14-,17-,21-/m0/s1. The Morgan fingerprint density at radius 3 is 2.24 bits per heavy atom. The Balaban J connectivity index is 2.84. The topological polar surface area (TPSA) is 142 Å². The molecule has 8 nitrogen and oxygen atoms in total. The molecule has 29 heavy (non-hydrogen) atoms. The number of benzene rings is 1. The van der Waals surface area contributed by atoms with Gasteiger partial charge < -0.3 is 26.6 Å². The van der Waals surface area contributed by atoms with Crippen molar-refractivity contribution < 1.29 is 24.6 Å². The molecule has 2 amide bonds. The van der Waals surface area contributed by atoms with E-state index in [1.54, 1.807) is 13.8 Å². The minimum atomic E-state index is -2.46. The van der Waals surface area contributed by atoms with Crippen LogP contribution in [0, 0.1) is 5.92 Å². The van der Waals surface area contributed by atoms with Gasteiger partial charge in [-0.15, -0.1) is 0 Å². The summed E-state index contributed by atoms with van der Waals surface area (Å²) in [5.41, 5.74) is 3.03. The molecule has 162 valence electrons. The first kappa shape index (κ1) is 24.6. The number of hydrogen-bond acceptors (Lipinski definition) is 5. The summed E-state index contributed by atoms with van der Waals surface area (Å²) < 4.78 is 0. The molecule has 1 rings (SSSR count). The number of aryl methyl sites for hydroxylation is 1. The molecule has 1 aromatic carbocycles. The fourth-order valence-corrected chi connectivity index (χ4v) is 2.80. The molecule has 6 N–H and O–H groups in total. The number of rotatable bonds is 11. The Bertz CT molecular complexity index is 702. The number of aliphatic carboxylic acids is 1. The van der Waals surface area contributed by atoms with Gasteiger partial charge in [-0.05, 0) is 38.2 Å². The Hall–Kier alpha value is -2.45. The van der Waals surface area contributed by atoms with Gasteiger partial charge in [-0.3, -0.25) is 9.59 Å². The van der Waals surface area contributed by atoms with Gasteiger partial charge in [0.1, 0.15) is 6.04 Å². The van der Waals surface area contributed by atoms with Crippen LogP contribution in [0.25, 0.3) is 0 Å². The number of nitrogens with one attached hydrogen (secondary N) is 2. The highest BCUT2D eigenvalue weighted by Crippen LogP contribution is 2.19. The molecule has 0 aliphatic heterocycles. The van der Waals surface area contributed by atoms with Gasteiger partial charge in [-0.25, -0.2) is 4.79 Å². The average molecular weight is 408 g/mol. The molecule has 0 aliphatic rings. The zero-order valence-electron chi connectivity index (χ0n) is 17.6. The van der Waals surface area contributed by atoms with Crippen molar-refractivity contribution in [2.45, 2.75) is 70.7 Å². The number of nitrogens with two attached hydrogens (primary N) is 1. The molecule has 0 bridgehead atoms. The van der Waals surface area contributed by atoms with E-state index in [9.17, 15) is 24.6 Å². The fraction of sp³-hybridized carbons (Fsp3) is 0.571. The zero-order valence-corrected chi connectivity index (χ0v) is 17.6. The van der Waals surface area contributed by atoms with E-state index >= 15 is 0 Å². The molecule has 1 aromatic rings. The molecule has 0 radical (unpaired) electrons. The summed E-state index contributed by atoms with van der Waals surface area (Å²) in [6.45, 7) is 6.24. The number of aliphatic hydroxyl groups is 1. The Labute approximate surface area is 171 Å². The Morgan fingerprint density at radius 2 is 1.76 bits per heavy atom. The predicted octanol–water partition coefficient (Wildman–Crippen LogP) is 1.17. The summed E-state index contributed by atoms with van der Waals surface area (Å²) in [5, 5.41) is 24.9. The molecule has 8 heteroatoms. The van der Waals surface area contributed by atoms with Gasteiger partial charge in [0.25, 0.3) is 5.91 Å². The quantitative estimate of drug-likeness (QED) is 0.349. The highest BCUT2D eigenvalue weighted by Gasteiger charge is 2.50. The van der Waals surface area contributed by atoms with Crippen molar-refractivity contribution in [1.29, 1.82) is 0 Å². The van der Waals surface area contributed by atoms with Crippen LogP contribution in [0.15, 0.2) is 30.3 Å². The van der Waals surface area contributed by atoms with Crippen LogP contribution in [0.3, 0.4) is 0 Å². The van der Waals surface area contributed by atoms with E-state index in [1.807, 2.05) is 30.3 Å². The van der Waals surface area contributed by atoms with Crippen LogP contribution in [-0.2, 0) is 20.8 Å². The van der Waals surface area contributed by atoms with Crippen LogP contribution in [0.4, 0.5) is 0 Å². The summed E-state index contributed by atoms with van der Waals surface area (Å²) in [5.74, 6) is -3.19. The second kappa shape index (κ2) is 10.4. The number of carboxylic acid groups (broad SMARTS) is 1. The summed E-state index contributed by atoms with van der Waals surface area (Å²) in [4.78, 5) is 36.6. The van der Waals surface area contributed by atoms with Crippen molar-refractivity contribution in [3.8, 4) is 0 Å². The molecule has 0 saturated carbocycles. The normalized spacial score (nSPS) is 15.7. The average Bonchev–Trinajstić information content (AvgIpc) is 2.64. The van der Waals surface area contributed by atoms with Crippen molar-refractivity contribution in [3.05, 3.63) is 35.9 Å². The molecular weight excluding hydrogens is 374 g/mol. The maximum absolute atomic E-state index is 12.8. The number of carbonyl (C=O) groups excluding carboxylic acids is 2. The van der Waals surface area contributed by atoms with Crippen LogP contribution in [0.2, 0.25) is 0 Å². The van der Waals surface area contributed by atoms with Crippen LogP contribution in [0.5, 0.6) is 0 Å². The molecule has 0 aromatic heterocycles. The lowest BCUT2D eigenvalue weighted by Crippen LogP contribution is -2.74. The Kier molecular flexibility index (Phi) is 8.79. The van der Waals surface area contributed by atoms with Crippen molar-refractivity contribution in [2.75, 3.05) is 0 Å². The van der Waals surface area contributed by atoms with E-state index < -0.39 is 35.1 Å². The molecule has 0 heterocycles. The minimum absolute atomic E-state index is 0.0777. The van der Waals surface area contributed by atoms with E-state index in [0.29, 0.717) is 19.3 Å². The molecule has 0 unspecified atom stereocenters. The van der Waals surface area contributed by atoms with E-state index in [2.05, 4.69) is 10.6 Å². The summed E-state index contributed by atoms with van der Waals surface area (Å²) in [6, 6.07) is 8.41. The van der Waals surface area contributed by atoms with E-state index in [1.165, 1.54) is 13.8 Å². The van der Waals surface area contributed by atoms with Crippen LogP contribution >= 0.6 is 0 Å². The lowest BCUT2D eigenvalue weighted by Gasteiger charge is -2.39. The van der Waals surface area contributed by atoms with Gasteiger partial charge in [0.2, 0.25) is 11.6 Å². The van der Waals surface area contributed by atoms with Crippen LogP contribution in [0.1, 0.15) is 52.5 Å². The van der Waals surface area contributed by atoms with Crippen LogP contribution in [-0.4, -0.2) is 45.3 Å². The van der Waals surface area contributed by atoms with Crippen molar-refractivity contribution >= 4 is 17.8 Å². The van der Waals surface area contributed by atoms with Gasteiger partial charge in [0.05, 0.1) is 5.54 Å². The van der Waals surface area contributed by atoms with Gasteiger partial charge in [-0.1, -0.05) is 50.6 Å². The molecule has 0 aliphatic carbocycles. The van der Waals surface area contributed by atoms with E-state index in [0.717, 1.165) is 5.56 Å². The predicted molar refractivity (Wildman–Crippen MR) is 110 cm³/mol. The van der Waals surface area contributed by atoms with E-state index in [-0.39, 0.29) is 12.3 Å². The summed E-state index contributed by atoms with van der Waals surface area (Å²) in [7, 11) is 0. The number of amides is 2. The monoisotopic (exact) mass is 407 g/mol. The Morgan fingerprint density at radius 1 is 1.17 bits per heavy atom. The second-order valence-corrected chi connectivity index (χ2v) is 7.99. The third kappa shape index (κ3) is 6.83. The number of hydrogen-bond donors (Lipinski definition) is 5. The maximum Gasteiger partial charge on any atom is 0.326 e. The summed E-state index contributed by atoms with van der Waals surface area (Å²) >= 11 is 0. The molecule has 3 atom stereocenters. The third-order valence-electron chi connectivity index (χ3n) is 5.06. The van der Waals surface area contributed by atoms with Crippen molar-refractivity contribution in [1.82, 2.24) is 10.6 Å². The highest BCUT2D eigenvalue weighted by atomic mass is 16.4. The van der Waals surface area contributed by atoms with Crippen molar-refractivity contribution in [2.24, 2.45) is 11.7 Å². The third-order valence-corrected chi connectivity index (χ3v) is 5.06. The van der Waals surface area contributed by atoms with Crippen LogP contribution < -0.4 is 16.4 Å². The highest BCUT2D eigenvalue weighted by molar-refractivity contribution is 5.93. The van der Waals surface area contributed by atoms with Gasteiger partial charge in [0, 0.05) is 6.42 Å². The first-order valence-electron chi connectivity index (χ1n) is 9.82. The van der Waals surface area contributed by atoms with Gasteiger partial charge in [-0.2, -0.15) is 0 Å². The maximum atomic E-state index is 12.8. The van der Waals surface area contributed by atoms with Gasteiger partial charge in [0.15, 0.2) is 0 Å². The molecular formula is C21H33N3O5. The number of carboxylic acids is 1. The van der Waals surface area contributed by atoms with E-state index in [4.69, 9.17) is 5.73 Å².